The Kier molecular flexibility index (Phi) is 10.3. The molecular weight excluding hydrogens is 811 g/mol. The molecular formula is C53H34F6N2O2. The molecule has 0 radical (unpaired) electrons. The third-order valence-corrected chi connectivity index (χ3v) is 11.3. The largest absolute Gasteiger partial charge is 0.416 e. The summed E-state index contributed by atoms with van der Waals surface area (Å²) in [5.74, 6) is -0.660. The Morgan fingerprint density at radius 2 is 0.873 bits per heavy atom. The summed E-state index contributed by atoms with van der Waals surface area (Å²) in [6, 6.07) is 50.0. The Hall–Kier alpha value is -7.72. The summed E-state index contributed by atoms with van der Waals surface area (Å²) in [6.07, 6.45) is -8.65. The Morgan fingerprint density at radius 3 is 1.30 bits per heavy atom. The number of nitrogens with zero attached hydrogens (tertiary/aromatic N) is 2. The van der Waals surface area contributed by atoms with Gasteiger partial charge < -0.3 is 4.57 Å². The van der Waals surface area contributed by atoms with E-state index in [4.69, 9.17) is 0 Å². The van der Waals surface area contributed by atoms with Gasteiger partial charge in [0, 0.05) is 33.0 Å². The van der Waals surface area contributed by atoms with Crippen LogP contribution in [0.3, 0.4) is 0 Å². The fraction of sp³-hybridized carbons (Fsp3) is 0.0566. The second kappa shape index (κ2) is 16.0. The summed E-state index contributed by atoms with van der Waals surface area (Å²) in [5.41, 5.74) is 5.49. The van der Waals surface area contributed by atoms with Crippen molar-refractivity contribution in [3.05, 3.63) is 204 Å². The number of rotatable bonds is 8. The SMILES string of the molecule is Cc1cccc(-n2c3c(-c4ccc(C(F)(F)F)cc4)cccc3c3cccc(-c4ccc(C(F)(F)F)cc4)c32)c1C(=O)N(C=O)c1c(-c2ccccc2)cccc1-c1ccccc1. The highest BCUT2D eigenvalue weighted by Gasteiger charge is 2.33. The maximum atomic E-state index is 15.6. The molecule has 10 heteroatoms. The van der Waals surface area contributed by atoms with Gasteiger partial charge in [-0.25, -0.2) is 4.90 Å². The van der Waals surface area contributed by atoms with E-state index < -0.39 is 29.4 Å². The molecule has 1 heterocycles. The number of aryl methyl sites for hydroxylation is 1. The lowest BCUT2D eigenvalue weighted by atomic mass is 9.94. The molecule has 0 fully saturated rings. The average molecular weight is 845 g/mol. The lowest BCUT2D eigenvalue weighted by Crippen LogP contribution is -2.32. The summed E-state index contributed by atoms with van der Waals surface area (Å²) in [4.78, 5) is 30.3. The summed E-state index contributed by atoms with van der Waals surface area (Å²) in [7, 11) is 0. The van der Waals surface area contributed by atoms with E-state index in [-0.39, 0.29) is 5.56 Å². The van der Waals surface area contributed by atoms with E-state index in [0.717, 1.165) is 40.3 Å². The van der Waals surface area contributed by atoms with Crippen molar-refractivity contribution in [3.8, 4) is 50.2 Å². The van der Waals surface area contributed by atoms with Crippen LogP contribution in [0.1, 0.15) is 27.0 Å². The number of carbonyl (C=O) groups excluding carboxylic acids is 2. The van der Waals surface area contributed by atoms with Crippen LogP contribution in [0.2, 0.25) is 0 Å². The first-order valence-electron chi connectivity index (χ1n) is 19.9. The van der Waals surface area contributed by atoms with Gasteiger partial charge in [-0.05, 0) is 65.1 Å². The summed E-state index contributed by atoms with van der Waals surface area (Å²) in [6.45, 7) is 1.75. The molecule has 63 heavy (non-hydrogen) atoms. The Labute approximate surface area is 357 Å². The number of benzene rings is 8. The molecule has 0 aliphatic rings. The number of aromatic nitrogens is 1. The van der Waals surface area contributed by atoms with Gasteiger partial charge in [-0.2, -0.15) is 26.3 Å². The summed E-state index contributed by atoms with van der Waals surface area (Å²) in [5, 5.41) is 1.34. The van der Waals surface area contributed by atoms with Crippen LogP contribution in [0.4, 0.5) is 32.0 Å². The highest BCUT2D eigenvalue weighted by Crippen LogP contribution is 2.45. The Bertz CT molecular complexity index is 3000. The fourth-order valence-corrected chi connectivity index (χ4v) is 8.44. The highest BCUT2D eigenvalue weighted by molar-refractivity contribution is 6.23. The molecule has 0 bridgehead atoms. The number of carbonyl (C=O) groups is 2. The molecule has 9 rings (SSSR count). The number of anilines is 1. The quantitative estimate of drug-likeness (QED) is 0.113. The number of alkyl halides is 6. The van der Waals surface area contributed by atoms with Crippen LogP contribution in [0, 0.1) is 6.92 Å². The highest BCUT2D eigenvalue weighted by atomic mass is 19.4. The van der Waals surface area contributed by atoms with Crippen molar-refractivity contribution >= 4 is 39.8 Å². The molecule has 310 valence electrons. The van der Waals surface area contributed by atoms with Gasteiger partial charge in [0.1, 0.15) is 0 Å². The molecule has 0 unspecified atom stereocenters. The van der Waals surface area contributed by atoms with Gasteiger partial charge >= 0.3 is 12.4 Å². The third-order valence-electron chi connectivity index (χ3n) is 11.3. The molecule has 0 saturated carbocycles. The third kappa shape index (κ3) is 7.33. The van der Waals surface area contributed by atoms with E-state index in [0.29, 0.717) is 78.5 Å². The smallest absolute Gasteiger partial charge is 0.307 e. The van der Waals surface area contributed by atoms with Gasteiger partial charge in [-0.15, -0.1) is 0 Å². The van der Waals surface area contributed by atoms with Crippen LogP contribution >= 0.6 is 0 Å². The number of fused-ring (bicyclic) bond motifs is 3. The minimum Gasteiger partial charge on any atom is -0.307 e. The second-order valence-corrected chi connectivity index (χ2v) is 15.1. The lowest BCUT2D eigenvalue weighted by molar-refractivity contribution is -0.138. The van der Waals surface area contributed by atoms with E-state index in [9.17, 15) is 31.1 Å². The number of amides is 2. The zero-order chi connectivity index (χ0) is 44.0. The number of hydrogen-bond donors (Lipinski definition) is 0. The van der Waals surface area contributed by atoms with Gasteiger partial charge in [-0.1, -0.05) is 152 Å². The predicted octanol–water partition coefficient (Wildman–Crippen LogP) is 14.6. The van der Waals surface area contributed by atoms with Crippen molar-refractivity contribution in [2.75, 3.05) is 4.90 Å². The molecule has 0 saturated heterocycles. The van der Waals surface area contributed by atoms with Crippen molar-refractivity contribution < 1.29 is 35.9 Å². The average Bonchev–Trinajstić information content (AvgIpc) is 3.64. The van der Waals surface area contributed by atoms with Crippen molar-refractivity contribution in [2.24, 2.45) is 0 Å². The van der Waals surface area contributed by atoms with Gasteiger partial charge in [0.25, 0.3) is 5.91 Å². The fourth-order valence-electron chi connectivity index (χ4n) is 8.44. The van der Waals surface area contributed by atoms with E-state index in [1.54, 1.807) is 49.4 Å². The number of halogens is 6. The normalized spacial score (nSPS) is 11.9. The maximum Gasteiger partial charge on any atom is 0.416 e. The Morgan fingerprint density at radius 1 is 0.476 bits per heavy atom. The number of imide groups is 1. The van der Waals surface area contributed by atoms with E-state index >= 15 is 4.79 Å². The number of para-hydroxylation sites is 3. The molecule has 1 aromatic heterocycles. The molecule has 0 spiro atoms. The molecule has 4 nitrogen and oxygen atoms in total. The molecule has 9 aromatic rings. The van der Waals surface area contributed by atoms with Crippen molar-refractivity contribution in [1.82, 2.24) is 4.57 Å². The summed E-state index contributed by atoms with van der Waals surface area (Å²) < 4.78 is 84.6. The lowest BCUT2D eigenvalue weighted by Gasteiger charge is -2.25. The van der Waals surface area contributed by atoms with E-state index in [1.165, 1.54) is 24.3 Å². The van der Waals surface area contributed by atoms with E-state index in [2.05, 4.69) is 0 Å². The van der Waals surface area contributed by atoms with Gasteiger partial charge in [0.15, 0.2) is 0 Å². The van der Waals surface area contributed by atoms with Crippen molar-refractivity contribution in [2.45, 2.75) is 19.3 Å². The topological polar surface area (TPSA) is 42.3 Å². The van der Waals surface area contributed by atoms with Crippen LogP contribution in [0.25, 0.3) is 72.0 Å². The molecule has 2 amide bonds. The van der Waals surface area contributed by atoms with Crippen molar-refractivity contribution in [1.29, 1.82) is 0 Å². The van der Waals surface area contributed by atoms with Gasteiger partial charge in [0.05, 0.1) is 39.1 Å². The van der Waals surface area contributed by atoms with Crippen molar-refractivity contribution in [3.63, 3.8) is 0 Å². The maximum absolute atomic E-state index is 15.6. The van der Waals surface area contributed by atoms with Crippen LogP contribution in [0.15, 0.2) is 182 Å². The predicted molar refractivity (Wildman–Crippen MR) is 237 cm³/mol. The van der Waals surface area contributed by atoms with E-state index in [1.807, 2.05) is 95.6 Å². The zero-order valence-corrected chi connectivity index (χ0v) is 33.4. The zero-order valence-electron chi connectivity index (χ0n) is 33.4. The first-order valence-corrected chi connectivity index (χ1v) is 19.9. The second-order valence-electron chi connectivity index (χ2n) is 15.1. The van der Waals surface area contributed by atoms with Crippen LogP contribution in [-0.2, 0) is 17.1 Å². The minimum absolute atomic E-state index is 0.148. The minimum atomic E-state index is -4.57. The molecule has 0 N–H and O–H groups in total. The van der Waals surface area contributed by atoms with Crippen LogP contribution in [0.5, 0.6) is 0 Å². The van der Waals surface area contributed by atoms with Crippen LogP contribution < -0.4 is 4.90 Å². The Balaban J connectivity index is 1.35. The molecule has 0 aliphatic carbocycles. The molecule has 0 aliphatic heterocycles. The van der Waals surface area contributed by atoms with Gasteiger partial charge in [-0.3, -0.25) is 9.59 Å². The van der Waals surface area contributed by atoms with Gasteiger partial charge in [0.2, 0.25) is 6.41 Å². The first kappa shape index (κ1) is 40.7. The standard InChI is InChI=1S/C53H34F6N2O2/c1-33-12-8-23-46(47(33)51(63)60(32-62)48-40(34-13-4-2-5-14-34)17-9-18-41(48)35-15-6-3-7-16-35)61-49-42(36-24-28-38(29-25-36)52(54,55)56)19-10-21-44(49)45-22-11-20-43(50(45)61)37-26-30-39(31-27-37)53(57,58)59/h2-32H,1H3. The number of hydrogen-bond acceptors (Lipinski definition) is 2. The molecule has 0 atom stereocenters. The summed E-state index contributed by atoms with van der Waals surface area (Å²) >= 11 is 0. The molecule has 8 aromatic carbocycles. The monoisotopic (exact) mass is 844 g/mol. The first-order chi connectivity index (χ1) is 30.3. The van der Waals surface area contributed by atoms with Crippen LogP contribution in [-0.4, -0.2) is 16.9 Å².